The molecule has 5 nitrogen and oxygen atoms in total. The monoisotopic (exact) mass is 484 g/mol. The molecule has 0 aromatic heterocycles. The zero-order chi connectivity index (χ0) is 25.2. The molecule has 1 aliphatic rings. The Morgan fingerprint density at radius 3 is 2.26 bits per heavy atom. The minimum Gasteiger partial charge on any atom is -0.394 e. The highest BCUT2D eigenvalue weighted by molar-refractivity contribution is 5.77. The summed E-state index contributed by atoms with van der Waals surface area (Å²) < 4.78 is 40.8. The number of hydrogen-bond acceptors (Lipinski definition) is 3. The molecule has 3 aromatic carbocycles. The summed E-state index contributed by atoms with van der Waals surface area (Å²) in [6.07, 6.45) is -0.533. The number of amides is 2. The number of carbonyl (C=O) groups is 1. The van der Waals surface area contributed by atoms with Crippen LogP contribution in [0.5, 0.6) is 0 Å². The zero-order valence-electron chi connectivity index (χ0n) is 19.2. The number of nitrogens with zero attached hydrogens (tertiary/aromatic N) is 1. The first-order chi connectivity index (χ1) is 16.7. The van der Waals surface area contributed by atoms with Gasteiger partial charge in [0.15, 0.2) is 0 Å². The number of hydrogen-bond donors (Lipinski definition) is 3. The smallest absolute Gasteiger partial charge is 0.318 e. The topological polar surface area (TPSA) is 72.8 Å². The highest BCUT2D eigenvalue weighted by Crippen LogP contribution is 2.36. The van der Waals surface area contributed by atoms with Crippen LogP contribution in [0.15, 0.2) is 66.7 Å². The summed E-state index contributed by atoms with van der Waals surface area (Å²) in [4.78, 5) is 14.9. The number of halogens is 3. The first kappa shape index (κ1) is 24.8. The Bertz CT molecular complexity index is 1190. The third kappa shape index (κ3) is 5.18. The standard InChI is InChI=1S/C27H27F3N2O3/c1-17(18-2-4-19(5-3-18)24-11-10-22(29)14-25(24)30)32-13-12-27(31-26(32)35,15-23(34)16-33)20-6-8-21(28)9-7-20/h2-11,14,17,23,33-34H,12-13,15-16H2,1H3,(H,31,35)/t17?,23-,27-/m0/s1. The van der Waals surface area contributed by atoms with Gasteiger partial charge in [-0.15, -0.1) is 0 Å². The van der Waals surface area contributed by atoms with E-state index in [-0.39, 0.29) is 24.1 Å². The summed E-state index contributed by atoms with van der Waals surface area (Å²) in [5.41, 5.74) is 1.41. The van der Waals surface area contributed by atoms with Gasteiger partial charge in [0.25, 0.3) is 0 Å². The van der Waals surface area contributed by atoms with E-state index in [0.717, 1.165) is 11.6 Å². The predicted octanol–water partition coefficient (Wildman–Crippen LogP) is 4.89. The van der Waals surface area contributed by atoms with Gasteiger partial charge in [-0.05, 0) is 54.3 Å². The van der Waals surface area contributed by atoms with Gasteiger partial charge < -0.3 is 20.4 Å². The highest BCUT2D eigenvalue weighted by Gasteiger charge is 2.42. The van der Waals surface area contributed by atoms with Crippen molar-refractivity contribution in [1.29, 1.82) is 0 Å². The van der Waals surface area contributed by atoms with Crippen LogP contribution in [0.25, 0.3) is 11.1 Å². The first-order valence-electron chi connectivity index (χ1n) is 11.4. The summed E-state index contributed by atoms with van der Waals surface area (Å²) in [7, 11) is 0. The summed E-state index contributed by atoms with van der Waals surface area (Å²) >= 11 is 0. The van der Waals surface area contributed by atoms with Crippen LogP contribution in [0.4, 0.5) is 18.0 Å². The Morgan fingerprint density at radius 2 is 1.66 bits per heavy atom. The molecular formula is C27H27F3N2O3. The molecule has 0 saturated carbocycles. The lowest BCUT2D eigenvalue weighted by atomic mass is 9.80. The van der Waals surface area contributed by atoms with E-state index >= 15 is 0 Å². The number of urea groups is 1. The molecule has 1 fully saturated rings. The molecule has 1 aliphatic heterocycles. The van der Waals surface area contributed by atoms with Crippen molar-refractivity contribution in [1.82, 2.24) is 10.2 Å². The van der Waals surface area contributed by atoms with Crippen LogP contribution in [0, 0.1) is 17.5 Å². The molecule has 0 bridgehead atoms. The summed E-state index contributed by atoms with van der Waals surface area (Å²) in [6, 6.07) is 15.6. The molecule has 8 heteroatoms. The Labute approximate surface area is 201 Å². The molecule has 2 amide bonds. The van der Waals surface area contributed by atoms with E-state index in [0.29, 0.717) is 24.1 Å². The van der Waals surface area contributed by atoms with E-state index in [1.807, 2.05) is 6.92 Å². The molecule has 0 spiro atoms. The fourth-order valence-electron chi connectivity index (χ4n) is 4.69. The van der Waals surface area contributed by atoms with Crippen LogP contribution >= 0.6 is 0 Å². The lowest BCUT2D eigenvalue weighted by Crippen LogP contribution is -2.59. The number of benzene rings is 3. The van der Waals surface area contributed by atoms with Gasteiger partial charge in [-0.25, -0.2) is 18.0 Å². The van der Waals surface area contributed by atoms with Gasteiger partial charge >= 0.3 is 6.03 Å². The molecule has 1 heterocycles. The first-order valence-corrected chi connectivity index (χ1v) is 11.4. The molecule has 4 rings (SSSR count). The van der Waals surface area contributed by atoms with Gasteiger partial charge in [0.1, 0.15) is 17.5 Å². The molecule has 35 heavy (non-hydrogen) atoms. The van der Waals surface area contributed by atoms with E-state index < -0.39 is 35.7 Å². The molecular weight excluding hydrogens is 457 g/mol. The summed E-state index contributed by atoms with van der Waals surface area (Å²) in [5.74, 6) is -1.70. The Balaban J connectivity index is 1.53. The van der Waals surface area contributed by atoms with Crippen LogP contribution in [0.2, 0.25) is 0 Å². The molecule has 184 valence electrons. The number of nitrogens with one attached hydrogen (secondary N) is 1. The molecule has 0 radical (unpaired) electrons. The van der Waals surface area contributed by atoms with E-state index in [9.17, 15) is 28.2 Å². The minimum absolute atomic E-state index is 0.0843. The van der Waals surface area contributed by atoms with Crippen LogP contribution in [-0.2, 0) is 5.54 Å². The number of carbonyl (C=O) groups excluding carboxylic acids is 1. The van der Waals surface area contributed by atoms with E-state index in [4.69, 9.17) is 0 Å². The second-order valence-electron chi connectivity index (χ2n) is 8.93. The second kappa shape index (κ2) is 10.1. The SMILES string of the molecule is CC(c1ccc(-c2ccc(F)cc2F)cc1)N1CC[C@](C[C@H](O)CO)(c2ccc(F)cc2)NC1=O. The van der Waals surface area contributed by atoms with Crippen molar-refractivity contribution in [2.45, 2.75) is 37.5 Å². The number of aliphatic hydroxyl groups is 2. The quantitative estimate of drug-likeness (QED) is 0.447. The average Bonchev–Trinajstić information content (AvgIpc) is 2.84. The lowest BCUT2D eigenvalue weighted by molar-refractivity contribution is 0.0441. The van der Waals surface area contributed by atoms with Gasteiger partial charge in [-0.2, -0.15) is 0 Å². The van der Waals surface area contributed by atoms with Crippen molar-refractivity contribution in [2.24, 2.45) is 0 Å². The van der Waals surface area contributed by atoms with Crippen LogP contribution < -0.4 is 5.32 Å². The van der Waals surface area contributed by atoms with Crippen LogP contribution in [0.1, 0.15) is 36.9 Å². The van der Waals surface area contributed by atoms with Crippen molar-refractivity contribution >= 4 is 6.03 Å². The Morgan fingerprint density at radius 1 is 1.00 bits per heavy atom. The molecule has 1 saturated heterocycles. The molecule has 3 aromatic rings. The fraction of sp³-hybridized carbons (Fsp3) is 0.296. The van der Waals surface area contributed by atoms with Gasteiger partial charge in [-0.1, -0.05) is 36.4 Å². The van der Waals surface area contributed by atoms with Crippen molar-refractivity contribution in [3.05, 3.63) is 95.3 Å². The average molecular weight is 485 g/mol. The van der Waals surface area contributed by atoms with Gasteiger partial charge in [0.2, 0.25) is 0 Å². The molecule has 1 unspecified atom stereocenters. The van der Waals surface area contributed by atoms with Crippen molar-refractivity contribution in [2.75, 3.05) is 13.2 Å². The molecule has 0 aliphatic carbocycles. The molecule has 3 N–H and O–H groups in total. The normalized spacial score (nSPS) is 19.8. The second-order valence-corrected chi connectivity index (χ2v) is 8.93. The number of aliphatic hydroxyl groups excluding tert-OH is 2. The van der Waals surface area contributed by atoms with Crippen molar-refractivity contribution in [3.63, 3.8) is 0 Å². The van der Waals surface area contributed by atoms with E-state index in [1.54, 1.807) is 41.3 Å². The molecule has 3 atom stereocenters. The fourth-order valence-corrected chi connectivity index (χ4v) is 4.69. The third-order valence-electron chi connectivity index (χ3n) is 6.68. The zero-order valence-corrected chi connectivity index (χ0v) is 19.2. The highest BCUT2D eigenvalue weighted by atomic mass is 19.1. The van der Waals surface area contributed by atoms with Gasteiger partial charge in [-0.3, -0.25) is 0 Å². The largest absolute Gasteiger partial charge is 0.394 e. The van der Waals surface area contributed by atoms with Crippen LogP contribution in [0.3, 0.4) is 0 Å². The maximum Gasteiger partial charge on any atom is 0.318 e. The third-order valence-corrected chi connectivity index (χ3v) is 6.68. The Kier molecular flexibility index (Phi) is 7.14. The predicted molar refractivity (Wildman–Crippen MR) is 126 cm³/mol. The maximum atomic E-state index is 14.1. The van der Waals surface area contributed by atoms with Crippen LogP contribution in [-0.4, -0.2) is 40.4 Å². The summed E-state index contributed by atoms with van der Waals surface area (Å²) in [6.45, 7) is 1.78. The lowest BCUT2D eigenvalue weighted by Gasteiger charge is -2.45. The van der Waals surface area contributed by atoms with Crippen molar-refractivity contribution < 1.29 is 28.2 Å². The van der Waals surface area contributed by atoms with Gasteiger partial charge in [0.05, 0.1) is 24.3 Å². The minimum atomic E-state index is -1.05. The van der Waals surface area contributed by atoms with Crippen molar-refractivity contribution in [3.8, 4) is 11.1 Å². The van der Waals surface area contributed by atoms with E-state index in [1.165, 1.54) is 24.3 Å². The van der Waals surface area contributed by atoms with Gasteiger partial charge in [0, 0.05) is 24.6 Å². The number of rotatable bonds is 7. The Hall–Kier alpha value is -3.36. The van der Waals surface area contributed by atoms with E-state index in [2.05, 4.69) is 5.32 Å². The summed E-state index contributed by atoms with van der Waals surface area (Å²) in [5, 5.41) is 22.5. The maximum absolute atomic E-state index is 14.1.